The van der Waals surface area contributed by atoms with Crippen molar-refractivity contribution in [3.05, 3.63) is 0 Å². The van der Waals surface area contributed by atoms with Crippen molar-refractivity contribution in [1.29, 1.82) is 0 Å². The number of hydrogen-bond donors (Lipinski definition) is 1. The van der Waals surface area contributed by atoms with Gasteiger partial charge in [-0.25, -0.2) is 0 Å². The highest BCUT2D eigenvalue weighted by Gasteiger charge is 2.69. The summed E-state index contributed by atoms with van der Waals surface area (Å²) >= 11 is 3.35. The van der Waals surface area contributed by atoms with Gasteiger partial charge in [-0.3, -0.25) is 9.35 Å². The Labute approximate surface area is 104 Å². The lowest BCUT2D eigenvalue weighted by Crippen LogP contribution is -2.43. The van der Waals surface area contributed by atoms with Crippen molar-refractivity contribution < 1.29 is 17.8 Å². The molecule has 0 saturated heterocycles. The van der Waals surface area contributed by atoms with Crippen LogP contribution in [0.25, 0.3) is 0 Å². The summed E-state index contributed by atoms with van der Waals surface area (Å²) < 4.78 is 31.2. The zero-order valence-electron chi connectivity index (χ0n) is 9.23. The van der Waals surface area contributed by atoms with Gasteiger partial charge in [0.15, 0.2) is 5.78 Å². The van der Waals surface area contributed by atoms with E-state index < -0.39 is 21.3 Å². The smallest absolute Gasteiger partial charge is 0.265 e. The summed E-state index contributed by atoms with van der Waals surface area (Å²) in [5, 5.41) is 0. The van der Waals surface area contributed by atoms with Crippen LogP contribution in [0.5, 0.6) is 0 Å². The number of ketones is 1. The zero-order valence-corrected chi connectivity index (χ0v) is 11.6. The maximum atomic E-state index is 12.2. The molecule has 1 N–H and O–H groups in total. The monoisotopic (exact) mass is 310 g/mol. The third-order valence-corrected chi connectivity index (χ3v) is 6.46. The standard InChI is InChI=1S/C10H15BrO4S/c1-9(2)6-3-4-10(9,5-16(13,14)15)8(12)7(6)11/h6-7H,3-5H2,1-2H3,(H,13,14,15)/t6?,7-,10+/m0/s1. The molecule has 0 aromatic rings. The van der Waals surface area contributed by atoms with Crippen LogP contribution in [0, 0.1) is 16.7 Å². The van der Waals surface area contributed by atoms with E-state index in [2.05, 4.69) is 15.9 Å². The van der Waals surface area contributed by atoms with Gasteiger partial charge in [0.05, 0.1) is 16.0 Å². The fraction of sp³-hybridized carbons (Fsp3) is 0.900. The summed E-state index contributed by atoms with van der Waals surface area (Å²) in [5.41, 5.74) is -1.27. The Morgan fingerprint density at radius 2 is 2.06 bits per heavy atom. The average molecular weight is 311 g/mol. The summed E-state index contributed by atoms with van der Waals surface area (Å²) in [4.78, 5) is 11.9. The van der Waals surface area contributed by atoms with E-state index in [1.807, 2.05) is 13.8 Å². The Morgan fingerprint density at radius 3 is 2.44 bits per heavy atom. The Bertz CT molecular complexity index is 442. The van der Waals surface area contributed by atoms with E-state index in [1.54, 1.807) is 0 Å². The Balaban J connectivity index is 2.50. The van der Waals surface area contributed by atoms with Crippen LogP contribution in [0.3, 0.4) is 0 Å². The van der Waals surface area contributed by atoms with Crippen LogP contribution < -0.4 is 0 Å². The van der Waals surface area contributed by atoms with Crippen molar-refractivity contribution in [3.63, 3.8) is 0 Å². The van der Waals surface area contributed by atoms with E-state index in [0.29, 0.717) is 6.42 Å². The van der Waals surface area contributed by atoms with Gasteiger partial charge in [-0.2, -0.15) is 8.42 Å². The fourth-order valence-electron chi connectivity index (χ4n) is 3.48. The number of alkyl halides is 1. The summed E-state index contributed by atoms with van der Waals surface area (Å²) in [7, 11) is -4.12. The Kier molecular flexibility index (Phi) is 2.58. The Hall–Kier alpha value is 0.0600. The molecule has 2 aliphatic rings. The largest absolute Gasteiger partial charge is 0.298 e. The van der Waals surface area contributed by atoms with Crippen LogP contribution in [0.2, 0.25) is 0 Å². The van der Waals surface area contributed by atoms with Gasteiger partial charge in [-0.15, -0.1) is 0 Å². The lowest BCUT2D eigenvalue weighted by Gasteiger charge is -2.35. The third kappa shape index (κ3) is 1.42. The van der Waals surface area contributed by atoms with Gasteiger partial charge in [0, 0.05) is 0 Å². The maximum absolute atomic E-state index is 12.2. The molecular weight excluding hydrogens is 296 g/mol. The molecule has 0 aromatic heterocycles. The van der Waals surface area contributed by atoms with Crippen molar-refractivity contribution in [2.75, 3.05) is 5.75 Å². The lowest BCUT2D eigenvalue weighted by atomic mass is 9.70. The van der Waals surface area contributed by atoms with Gasteiger partial charge >= 0.3 is 0 Å². The summed E-state index contributed by atoms with van der Waals surface area (Å²) in [6, 6.07) is 0. The predicted octanol–water partition coefficient (Wildman–Crippen LogP) is 1.64. The van der Waals surface area contributed by atoms with E-state index in [-0.39, 0.29) is 21.9 Å². The van der Waals surface area contributed by atoms with Gasteiger partial charge in [-0.1, -0.05) is 29.8 Å². The molecule has 2 saturated carbocycles. The molecule has 0 aliphatic heterocycles. The number of fused-ring (bicyclic) bond motifs is 2. The quantitative estimate of drug-likeness (QED) is 0.622. The second-order valence-corrected chi connectivity index (χ2v) is 7.88. The van der Waals surface area contributed by atoms with Crippen molar-refractivity contribution in [2.45, 2.75) is 31.5 Å². The molecule has 0 aromatic carbocycles. The third-order valence-electron chi connectivity index (χ3n) is 4.55. The molecule has 0 amide bonds. The van der Waals surface area contributed by atoms with Crippen LogP contribution in [0.15, 0.2) is 0 Å². The predicted molar refractivity (Wildman–Crippen MR) is 63.1 cm³/mol. The molecule has 3 atom stereocenters. The molecule has 6 heteroatoms. The molecule has 0 heterocycles. The van der Waals surface area contributed by atoms with Gasteiger partial charge in [0.25, 0.3) is 10.1 Å². The minimum absolute atomic E-state index is 0.0635. The molecule has 1 unspecified atom stereocenters. The minimum Gasteiger partial charge on any atom is -0.298 e. The topological polar surface area (TPSA) is 71.4 Å². The van der Waals surface area contributed by atoms with Gasteiger partial charge in [0.1, 0.15) is 0 Å². The van der Waals surface area contributed by atoms with E-state index in [0.717, 1.165) is 6.42 Å². The number of carbonyl (C=O) groups is 1. The first-order chi connectivity index (χ1) is 7.12. The molecule has 0 radical (unpaired) electrons. The van der Waals surface area contributed by atoms with E-state index in [4.69, 9.17) is 4.55 Å². The highest BCUT2D eigenvalue weighted by Crippen LogP contribution is 2.65. The van der Waals surface area contributed by atoms with Crippen molar-refractivity contribution in [2.24, 2.45) is 16.7 Å². The molecule has 2 fully saturated rings. The first-order valence-corrected chi connectivity index (χ1v) is 7.78. The summed E-state index contributed by atoms with van der Waals surface area (Å²) in [6.45, 7) is 3.85. The van der Waals surface area contributed by atoms with Gasteiger partial charge in [-0.05, 0) is 24.2 Å². The highest BCUT2D eigenvalue weighted by molar-refractivity contribution is 9.10. The fourth-order valence-corrected chi connectivity index (χ4v) is 6.12. The molecule has 2 aliphatic carbocycles. The molecule has 92 valence electrons. The van der Waals surface area contributed by atoms with Crippen molar-refractivity contribution in [3.8, 4) is 0 Å². The first-order valence-electron chi connectivity index (χ1n) is 5.25. The molecule has 16 heavy (non-hydrogen) atoms. The zero-order chi connectivity index (χ0) is 12.4. The molecule has 2 bridgehead atoms. The van der Waals surface area contributed by atoms with Gasteiger partial charge in [0.2, 0.25) is 0 Å². The first kappa shape index (κ1) is 12.5. The van der Waals surface area contributed by atoms with E-state index in [1.165, 1.54) is 0 Å². The Morgan fingerprint density at radius 1 is 1.50 bits per heavy atom. The maximum Gasteiger partial charge on any atom is 0.265 e. The molecule has 2 rings (SSSR count). The number of rotatable bonds is 2. The average Bonchev–Trinajstić information content (AvgIpc) is 2.39. The van der Waals surface area contributed by atoms with Gasteiger partial charge < -0.3 is 0 Å². The van der Waals surface area contributed by atoms with Crippen molar-refractivity contribution in [1.82, 2.24) is 0 Å². The second kappa shape index (κ2) is 3.29. The van der Waals surface area contributed by atoms with Crippen LogP contribution >= 0.6 is 15.9 Å². The second-order valence-electron chi connectivity index (χ2n) is 5.44. The number of carbonyl (C=O) groups excluding carboxylic acids is 1. The van der Waals surface area contributed by atoms with Crippen molar-refractivity contribution >= 4 is 31.8 Å². The van der Waals surface area contributed by atoms with E-state index >= 15 is 0 Å². The van der Waals surface area contributed by atoms with Crippen LogP contribution in [-0.4, -0.2) is 29.3 Å². The lowest BCUT2D eigenvalue weighted by molar-refractivity contribution is -0.127. The number of halogens is 1. The van der Waals surface area contributed by atoms with Crippen LogP contribution in [0.1, 0.15) is 26.7 Å². The normalized spacial score (nSPS) is 41.6. The summed E-state index contributed by atoms with van der Waals surface area (Å²) in [5.74, 6) is -0.335. The molecular formula is C10H15BrO4S. The molecule has 4 nitrogen and oxygen atoms in total. The number of hydrogen-bond acceptors (Lipinski definition) is 3. The molecule has 0 spiro atoms. The SMILES string of the molecule is CC1(C)C2CC[C@@]1(CS(=O)(=O)O)C(=O)[C@H]2Br. The van der Waals surface area contributed by atoms with Crippen LogP contribution in [-0.2, 0) is 14.9 Å². The minimum atomic E-state index is -4.12. The van der Waals surface area contributed by atoms with E-state index in [9.17, 15) is 13.2 Å². The number of Topliss-reactive ketones (excluding diaryl/α,β-unsaturated/α-hetero) is 1. The summed E-state index contributed by atoms with van der Waals surface area (Å²) in [6.07, 6.45) is 1.40. The van der Waals surface area contributed by atoms with Crippen LogP contribution in [0.4, 0.5) is 0 Å². The highest BCUT2D eigenvalue weighted by atomic mass is 79.9.